The van der Waals surface area contributed by atoms with Gasteiger partial charge >= 0.3 is 0 Å². The fraction of sp³-hybridized carbons (Fsp3) is 0.429. The number of aliphatic hydroxyl groups is 2. The third kappa shape index (κ3) is 7.97. The van der Waals surface area contributed by atoms with Crippen molar-refractivity contribution in [2.45, 2.75) is 38.0 Å². The van der Waals surface area contributed by atoms with Crippen molar-refractivity contribution in [2.24, 2.45) is 0 Å². The van der Waals surface area contributed by atoms with Gasteiger partial charge in [-0.2, -0.15) is 0 Å². The van der Waals surface area contributed by atoms with Crippen molar-refractivity contribution in [1.82, 2.24) is 5.32 Å². The van der Waals surface area contributed by atoms with Gasteiger partial charge in [-0.25, -0.2) is 0 Å². The van der Waals surface area contributed by atoms with Crippen LogP contribution in [0.1, 0.15) is 24.0 Å². The number of benzene rings is 2. The summed E-state index contributed by atoms with van der Waals surface area (Å²) in [5.74, 6) is 0.243. The SMILES string of the molecule is OCCOCCC(Cc1ccc(O)cc1)NC(O)CCc1ccccc1. The molecule has 0 aliphatic rings. The Balaban J connectivity index is 1.85. The van der Waals surface area contributed by atoms with E-state index in [2.05, 4.69) is 17.4 Å². The third-order valence-corrected chi connectivity index (χ3v) is 4.24. The van der Waals surface area contributed by atoms with E-state index in [-0.39, 0.29) is 18.4 Å². The van der Waals surface area contributed by atoms with Crippen LogP contribution in [0.3, 0.4) is 0 Å². The topological polar surface area (TPSA) is 82.0 Å². The van der Waals surface area contributed by atoms with Crippen molar-refractivity contribution < 1.29 is 20.1 Å². The molecule has 142 valence electrons. The average Bonchev–Trinajstić information content (AvgIpc) is 2.66. The van der Waals surface area contributed by atoms with Crippen molar-refractivity contribution in [1.29, 1.82) is 0 Å². The molecular weight excluding hydrogens is 330 g/mol. The molecule has 2 aromatic carbocycles. The number of ether oxygens (including phenoxy) is 1. The lowest BCUT2D eigenvalue weighted by atomic mass is 10.0. The minimum atomic E-state index is -0.602. The Kier molecular flexibility index (Phi) is 9.14. The number of aromatic hydroxyl groups is 1. The molecule has 2 atom stereocenters. The second kappa shape index (κ2) is 11.6. The summed E-state index contributed by atoms with van der Waals surface area (Å²) >= 11 is 0. The standard InChI is InChI=1S/C21H29NO4/c23-13-15-26-14-12-19(16-18-6-9-20(24)10-7-18)22-21(25)11-8-17-4-2-1-3-5-17/h1-7,9-10,19,21-25H,8,11-16H2. The summed E-state index contributed by atoms with van der Waals surface area (Å²) in [5.41, 5.74) is 2.28. The van der Waals surface area contributed by atoms with Gasteiger partial charge in [0.05, 0.1) is 13.2 Å². The Morgan fingerprint density at radius 3 is 2.31 bits per heavy atom. The molecule has 2 aromatic rings. The number of nitrogens with one attached hydrogen (secondary N) is 1. The van der Waals surface area contributed by atoms with Gasteiger partial charge in [0.15, 0.2) is 0 Å². The van der Waals surface area contributed by atoms with Crippen LogP contribution < -0.4 is 5.32 Å². The maximum Gasteiger partial charge on any atom is 0.115 e. The zero-order valence-corrected chi connectivity index (χ0v) is 15.1. The summed E-state index contributed by atoms with van der Waals surface area (Å²) in [7, 11) is 0. The van der Waals surface area contributed by atoms with Crippen LogP contribution in [0.15, 0.2) is 54.6 Å². The summed E-state index contributed by atoms with van der Waals surface area (Å²) in [6, 6.07) is 17.3. The van der Waals surface area contributed by atoms with Crippen LogP contribution in [-0.2, 0) is 17.6 Å². The molecular formula is C21H29NO4. The van der Waals surface area contributed by atoms with Crippen LogP contribution in [0.5, 0.6) is 5.75 Å². The molecule has 0 radical (unpaired) electrons. The van der Waals surface area contributed by atoms with Crippen LogP contribution in [0.25, 0.3) is 0 Å². The highest BCUT2D eigenvalue weighted by molar-refractivity contribution is 5.26. The molecule has 5 heteroatoms. The number of hydrogen-bond acceptors (Lipinski definition) is 5. The highest BCUT2D eigenvalue weighted by Crippen LogP contribution is 2.13. The van der Waals surface area contributed by atoms with Crippen molar-refractivity contribution in [3.05, 3.63) is 65.7 Å². The second-order valence-corrected chi connectivity index (χ2v) is 6.40. The maximum absolute atomic E-state index is 10.4. The Morgan fingerprint density at radius 2 is 1.62 bits per heavy atom. The Labute approximate surface area is 155 Å². The molecule has 0 aliphatic carbocycles. The van der Waals surface area contributed by atoms with Crippen molar-refractivity contribution >= 4 is 0 Å². The van der Waals surface area contributed by atoms with Gasteiger partial charge in [0, 0.05) is 12.6 Å². The van der Waals surface area contributed by atoms with Crippen molar-refractivity contribution in [3.63, 3.8) is 0 Å². The highest BCUT2D eigenvalue weighted by atomic mass is 16.5. The Bertz CT molecular complexity index is 603. The van der Waals surface area contributed by atoms with Crippen LogP contribution >= 0.6 is 0 Å². The van der Waals surface area contributed by atoms with E-state index in [0.29, 0.717) is 19.6 Å². The quantitative estimate of drug-likeness (QED) is 0.345. The van der Waals surface area contributed by atoms with Gasteiger partial charge in [0.2, 0.25) is 0 Å². The monoisotopic (exact) mass is 359 g/mol. The number of hydrogen-bond donors (Lipinski definition) is 4. The second-order valence-electron chi connectivity index (χ2n) is 6.40. The van der Waals surface area contributed by atoms with E-state index in [1.165, 1.54) is 5.56 Å². The van der Waals surface area contributed by atoms with E-state index in [1.807, 2.05) is 30.3 Å². The predicted octanol–water partition coefficient (Wildman–Crippen LogP) is 2.24. The predicted molar refractivity (Wildman–Crippen MR) is 102 cm³/mol. The average molecular weight is 359 g/mol. The fourth-order valence-electron chi connectivity index (χ4n) is 2.86. The number of phenols is 1. The molecule has 2 unspecified atom stereocenters. The van der Waals surface area contributed by atoms with Crippen molar-refractivity contribution in [2.75, 3.05) is 19.8 Å². The van der Waals surface area contributed by atoms with Crippen LogP contribution in [0.4, 0.5) is 0 Å². The molecule has 0 fully saturated rings. The van der Waals surface area contributed by atoms with E-state index in [0.717, 1.165) is 24.8 Å². The molecule has 5 nitrogen and oxygen atoms in total. The van der Waals surface area contributed by atoms with E-state index < -0.39 is 6.23 Å². The minimum Gasteiger partial charge on any atom is -0.508 e. The first-order chi connectivity index (χ1) is 12.7. The summed E-state index contributed by atoms with van der Waals surface area (Å²) in [6.07, 6.45) is 2.29. The lowest BCUT2D eigenvalue weighted by molar-refractivity contribution is 0.0720. The molecule has 0 aliphatic heterocycles. The largest absolute Gasteiger partial charge is 0.508 e. The van der Waals surface area contributed by atoms with Crippen LogP contribution in [0, 0.1) is 0 Å². The molecule has 0 aromatic heterocycles. The summed E-state index contributed by atoms with van der Waals surface area (Å²) < 4.78 is 5.37. The molecule has 2 rings (SSSR count). The van der Waals surface area contributed by atoms with E-state index >= 15 is 0 Å². The number of phenolic OH excluding ortho intramolecular Hbond substituents is 1. The molecule has 0 heterocycles. The molecule has 0 amide bonds. The third-order valence-electron chi connectivity index (χ3n) is 4.24. The fourth-order valence-corrected chi connectivity index (χ4v) is 2.86. The van der Waals surface area contributed by atoms with E-state index in [9.17, 15) is 10.2 Å². The minimum absolute atomic E-state index is 0.00968. The maximum atomic E-state index is 10.4. The molecule has 26 heavy (non-hydrogen) atoms. The number of aliphatic hydroxyl groups excluding tert-OH is 2. The van der Waals surface area contributed by atoms with Gasteiger partial charge in [0.1, 0.15) is 12.0 Å². The van der Waals surface area contributed by atoms with Gasteiger partial charge in [-0.05, 0) is 48.9 Å². The lowest BCUT2D eigenvalue weighted by Crippen LogP contribution is -2.40. The van der Waals surface area contributed by atoms with Gasteiger partial charge in [-0.15, -0.1) is 0 Å². The summed E-state index contributed by atoms with van der Waals surface area (Å²) in [5, 5.41) is 31.9. The lowest BCUT2D eigenvalue weighted by Gasteiger charge is -2.23. The molecule has 0 bridgehead atoms. The van der Waals surface area contributed by atoms with E-state index in [1.54, 1.807) is 12.1 Å². The smallest absolute Gasteiger partial charge is 0.115 e. The molecule has 4 N–H and O–H groups in total. The van der Waals surface area contributed by atoms with Gasteiger partial charge < -0.3 is 20.1 Å². The summed E-state index contributed by atoms with van der Waals surface area (Å²) in [6.45, 7) is 0.847. The normalized spacial score (nSPS) is 13.5. The van der Waals surface area contributed by atoms with Crippen LogP contribution in [-0.4, -0.2) is 47.4 Å². The molecule has 0 saturated carbocycles. The molecule has 0 spiro atoms. The Hall–Kier alpha value is -1.92. The first kappa shape index (κ1) is 20.4. The Morgan fingerprint density at radius 1 is 0.885 bits per heavy atom. The zero-order chi connectivity index (χ0) is 18.6. The summed E-state index contributed by atoms with van der Waals surface area (Å²) in [4.78, 5) is 0. The van der Waals surface area contributed by atoms with E-state index in [4.69, 9.17) is 9.84 Å². The van der Waals surface area contributed by atoms with Gasteiger partial charge in [0.25, 0.3) is 0 Å². The van der Waals surface area contributed by atoms with Crippen molar-refractivity contribution in [3.8, 4) is 5.75 Å². The van der Waals surface area contributed by atoms with Gasteiger partial charge in [-0.1, -0.05) is 42.5 Å². The highest BCUT2D eigenvalue weighted by Gasteiger charge is 2.14. The first-order valence-electron chi connectivity index (χ1n) is 9.12. The first-order valence-corrected chi connectivity index (χ1v) is 9.12. The number of rotatable bonds is 12. The zero-order valence-electron chi connectivity index (χ0n) is 15.1. The van der Waals surface area contributed by atoms with Gasteiger partial charge in [-0.3, -0.25) is 5.32 Å². The number of aryl methyl sites for hydroxylation is 1. The van der Waals surface area contributed by atoms with Crippen LogP contribution in [0.2, 0.25) is 0 Å². The molecule has 0 saturated heterocycles.